The number of likely N-dealkylation sites (tertiary alicyclic amines) is 1. The summed E-state index contributed by atoms with van der Waals surface area (Å²) in [5.74, 6) is 0.229. The Balaban J connectivity index is 1.24. The standard InChI is InChI=1S/C19H27N3O2/c23-18(13-16-3-1-2-6-20-16)22-7-4-19(5-8-22)14-17(15-19)21-9-11-24-12-10-21/h1-3,6,17H,4-5,7-15H2. The van der Waals surface area contributed by atoms with E-state index in [1.54, 1.807) is 6.20 Å². The summed E-state index contributed by atoms with van der Waals surface area (Å²) in [6.07, 6.45) is 7.16. The number of hydrogen-bond acceptors (Lipinski definition) is 4. The van der Waals surface area contributed by atoms with Crippen LogP contribution in [0.5, 0.6) is 0 Å². The van der Waals surface area contributed by atoms with E-state index in [-0.39, 0.29) is 5.91 Å². The summed E-state index contributed by atoms with van der Waals surface area (Å²) in [5.41, 5.74) is 1.38. The highest BCUT2D eigenvalue weighted by Gasteiger charge is 2.48. The van der Waals surface area contributed by atoms with E-state index >= 15 is 0 Å². The second kappa shape index (κ2) is 6.81. The van der Waals surface area contributed by atoms with Crippen molar-refractivity contribution in [1.82, 2.24) is 14.8 Å². The molecule has 4 rings (SSSR count). The van der Waals surface area contributed by atoms with Crippen LogP contribution < -0.4 is 0 Å². The Morgan fingerprint density at radius 1 is 1.17 bits per heavy atom. The van der Waals surface area contributed by atoms with Crippen LogP contribution in [0, 0.1) is 5.41 Å². The molecule has 1 amide bonds. The molecule has 24 heavy (non-hydrogen) atoms. The van der Waals surface area contributed by atoms with E-state index < -0.39 is 0 Å². The van der Waals surface area contributed by atoms with Crippen LogP contribution in [-0.2, 0) is 16.0 Å². The van der Waals surface area contributed by atoms with Gasteiger partial charge in [0.1, 0.15) is 0 Å². The Bertz CT molecular complexity index is 555. The molecule has 0 radical (unpaired) electrons. The summed E-state index contributed by atoms with van der Waals surface area (Å²) in [6.45, 7) is 5.80. The first-order chi connectivity index (χ1) is 11.7. The van der Waals surface area contributed by atoms with Crippen molar-refractivity contribution in [3.8, 4) is 0 Å². The number of pyridine rings is 1. The number of morpholine rings is 1. The molecular weight excluding hydrogens is 302 g/mol. The van der Waals surface area contributed by atoms with Gasteiger partial charge in [0, 0.05) is 44.1 Å². The van der Waals surface area contributed by atoms with Gasteiger partial charge in [0.05, 0.1) is 19.6 Å². The summed E-state index contributed by atoms with van der Waals surface area (Å²) in [6, 6.07) is 6.52. The zero-order valence-electron chi connectivity index (χ0n) is 14.3. The molecular formula is C19H27N3O2. The number of nitrogens with zero attached hydrogens (tertiary/aromatic N) is 3. The predicted octanol–water partition coefficient (Wildman–Crippen LogP) is 1.73. The van der Waals surface area contributed by atoms with Gasteiger partial charge in [-0.05, 0) is 43.2 Å². The van der Waals surface area contributed by atoms with Crippen molar-refractivity contribution in [2.45, 2.75) is 38.1 Å². The summed E-state index contributed by atoms with van der Waals surface area (Å²) in [5, 5.41) is 0. The van der Waals surface area contributed by atoms with Crippen LogP contribution in [0.25, 0.3) is 0 Å². The van der Waals surface area contributed by atoms with E-state index in [1.165, 1.54) is 25.7 Å². The Morgan fingerprint density at radius 2 is 1.92 bits per heavy atom. The number of aromatic nitrogens is 1. The number of hydrogen-bond donors (Lipinski definition) is 0. The minimum Gasteiger partial charge on any atom is -0.379 e. The molecule has 3 heterocycles. The number of piperidine rings is 1. The van der Waals surface area contributed by atoms with Crippen molar-refractivity contribution in [3.05, 3.63) is 30.1 Å². The van der Waals surface area contributed by atoms with Crippen LogP contribution in [0.3, 0.4) is 0 Å². The van der Waals surface area contributed by atoms with Gasteiger partial charge < -0.3 is 9.64 Å². The summed E-state index contributed by atoms with van der Waals surface area (Å²) in [4.78, 5) is 21.4. The molecule has 2 aliphatic heterocycles. The lowest BCUT2D eigenvalue weighted by molar-refractivity contribution is -0.136. The van der Waals surface area contributed by atoms with Gasteiger partial charge >= 0.3 is 0 Å². The van der Waals surface area contributed by atoms with Gasteiger partial charge in [-0.2, -0.15) is 0 Å². The van der Waals surface area contributed by atoms with Crippen molar-refractivity contribution < 1.29 is 9.53 Å². The monoisotopic (exact) mass is 329 g/mol. The van der Waals surface area contributed by atoms with E-state index in [0.717, 1.165) is 51.1 Å². The van der Waals surface area contributed by atoms with Crippen molar-refractivity contribution >= 4 is 5.91 Å². The van der Waals surface area contributed by atoms with Gasteiger partial charge in [0.15, 0.2) is 0 Å². The number of carbonyl (C=O) groups excluding carboxylic acids is 1. The summed E-state index contributed by atoms with van der Waals surface area (Å²) in [7, 11) is 0. The first-order valence-corrected chi connectivity index (χ1v) is 9.24. The van der Waals surface area contributed by atoms with Gasteiger partial charge in [-0.1, -0.05) is 6.07 Å². The third-order valence-corrected chi connectivity index (χ3v) is 6.13. The van der Waals surface area contributed by atoms with Crippen molar-refractivity contribution in [1.29, 1.82) is 0 Å². The topological polar surface area (TPSA) is 45.7 Å². The highest BCUT2D eigenvalue weighted by molar-refractivity contribution is 5.78. The molecule has 1 aromatic rings. The lowest BCUT2D eigenvalue weighted by Gasteiger charge is -2.55. The molecule has 0 aromatic carbocycles. The van der Waals surface area contributed by atoms with Crippen LogP contribution in [0.1, 0.15) is 31.4 Å². The molecule has 3 fully saturated rings. The minimum atomic E-state index is 0.229. The molecule has 1 spiro atoms. The van der Waals surface area contributed by atoms with Gasteiger partial charge in [-0.3, -0.25) is 14.7 Å². The molecule has 1 saturated carbocycles. The molecule has 3 aliphatic rings. The average Bonchev–Trinajstić information content (AvgIpc) is 2.61. The number of amides is 1. The zero-order valence-corrected chi connectivity index (χ0v) is 14.3. The van der Waals surface area contributed by atoms with Crippen molar-refractivity contribution in [3.63, 3.8) is 0 Å². The van der Waals surface area contributed by atoms with E-state index in [9.17, 15) is 4.79 Å². The van der Waals surface area contributed by atoms with Gasteiger partial charge in [-0.25, -0.2) is 0 Å². The summed E-state index contributed by atoms with van der Waals surface area (Å²) >= 11 is 0. The second-order valence-corrected chi connectivity index (χ2v) is 7.59. The van der Waals surface area contributed by atoms with Crippen LogP contribution >= 0.6 is 0 Å². The average molecular weight is 329 g/mol. The van der Waals surface area contributed by atoms with Gasteiger partial charge in [0.2, 0.25) is 5.91 Å². The second-order valence-electron chi connectivity index (χ2n) is 7.59. The number of rotatable bonds is 3. The fourth-order valence-corrected chi connectivity index (χ4v) is 4.55. The lowest BCUT2D eigenvalue weighted by atomic mass is 9.60. The maximum absolute atomic E-state index is 12.5. The van der Waals surface area contributed by atoms with E-state index in [0.29, 0.717) is 11.8 Å². The van der Waals surface area contributed by atoms with Crippen LogP contribution in [-0.4, -0.2) is 66.1 Å². The SMILES string of the molecule is O=C(Cc1ccccn1)N1CCC2(CC1)CC(N1CCOCC1)C2. The molecule has 0 bridgehead atoms. The Labute approximate surface area is 144 Å². The first kappa shape index (κ1) is 16.0. The third-order valence-electron chi connectivity index (χ3n) is 6.13. The minimum absolute atomic E-state index is 0.229. The molecule has 0 atom stereocenters. The maximum Gasteiger partial charge on any atom is 0.228 e. The molecule has 0 N–H and O–H groups in total. The van der Waals surface area contributed by atoms with Crippen LogP contribution in [0.15, 0.2) is 24.4 Å². The number of carbonyl (C=O) groups is 1. The highest BCUT2D eigenvalue weighted by Crippen LogP contribution is 2.51. The van der Waals surface area contributed by atoms with Gasteiger partial charge in [-0.15, -0.1) is 0 Å². The molecule has 1 aromatic heterocycles. The van der Waals surface area contributed by atoms with Gasteiger partial charge in [0.25, 0.3) is 0 Å². The largest absolute Gasteiger partial charge is 0.379 e. The fraction of sp³-hybridized carbons (Fsp3) is 0.684. The Morgan fingerprint density at radius 3 is 2.58 bits per heavy atom. The van der Waals surface area contributed by atoms with E-state index in [2.05, 4.69) is 9.88 Å². The lowest BCUT2D eigenvalue weighted by Crippen LogP contribution is -2.57. The maximum atomic E-state index is 12.5. The van der Waals surface area contributed by atoms with Crippen LogP contribution in [0.4, 0.5) is 0 Å². The fourth-order valence-electron chi connectivity index (χ4n) is 4.55. The Hall–Kier alpha value is -1.46. The number of ether oxygens (including phenoxy) is 1. The highest BCUT2D eigenvalue weighted by atomic mass is 16.5. The molecule has 5 heteroatoms. The van der Waals surface area contributed by atoms with E-state index in [4.69, 9.17) is 4.74 Å². The zero-order chi connectivity index (χ0) is 16.4. The molecule has 1 aliphatic carbocycles. The van der Waals surface area contributed by atoms with Crippen LogP contribution in [0.2, 0.25) is 0 Å². The smallest absolute Gasteiger partial charge is 0.228 e. The molecule has 130 valence electrons. The third kappa shape index (κ3) is 3.33. The van der Waals surface area contributed by atoms with Crippen molar-refractivity contribution in [2.75, 3.05) is 39.4 Å². The Kier molecular flexibility index (Phi) is 4.55. The molecule has 2 saturated heterocycles. The summed E-state index contributed by atoms with van der Waals surface area (Å²) < 4.78 is 5.45. The molecule has 0 unspecified atom stereocenters. The normalized spacial score (nSPS) is 24.8. The van der Waals surface area contributed by atoms with Crippen molar-refractivity contribution in [2.24, 2.45) is 5.41 Å². The predicted molar refractivity (Wildman–Crippen MR) is 91.6 cm³/mol. The van der Waals surface area contributed by atoms with E-state index in [1.807, 2.05) is 23.1 Å². The first-order valence-electron chi connectivity index (χ1n) is 9.24. The molecule has 5 nitrogen and oxygen atoms in total. The quantitative estimate of drug-likeness (QED) is 0.847.